The minimum atomic E-state index is -0.481. The molecule has 2 aromatic rings. The summed E-state index contributed by atoms with van der Waals surface area (Å²) in [5, 5.41) is 13.8. The summed E-state index contributed by atoms with van der Waals surface area (Å²) in [6.45, 7) is 3.09. The number of hydrogen-bond donors (Lipinski definition) is 1. The Kier molecular flexibility index (Phi) is 5.03. The Balaban J connectivity index is 1.82. The van der Waals surface area contributed by atoms with Crippen molar-refractivity contribution in [2.45, 2.75) is 26.3 Å². The minimum Gasteiger partial charge on any atom is -0.326 e. The number of fused-ring (bicyclic) bond motifs is 1. The number of anilines is 1. The molecule has 1 aliphatic heterocycles. The average Bonchev–Trinajstić information content (AvgIpc) is 2.63. The van der Waals surface area contributed by atoms with Crippen molar-refractivity contribution in [2.75, 3.05) is 5.32 Å². The Morgan fingerprint density at radius 3 is 2.67 bits per heavy atom. The molecule has 0 fully saturated rings. The van der Waals surface area contributed by atoms with Gasteiger partial charge in [0.05, 0.1) is 17.4 Å². The van der Waals surface area contributed by atoms with Gasteiger partial charge in [-0.1, -0.05) is 30.3 Å². The Morgan fingerprint density at radius 2 is 1.96 bits per heavy atom. The Bertz CT molecular complexity index is 952. The number of amides is 2. The van der Waals surface area contributed by atoms with Gasteiger partial charge in [0.1, 0.15) is 0 Å². The van der Waals surface area contributed by atoms with Crippen LogP contribution in [0, 0.1) is 17.0 Å². The van der Waals surface area contributed by atoms with E-state index >= 15 is 0 Å². The number of nitrogens with one attached hydrogen (secondary N) is 1. The molecule has 1 N–H and O–H groups in total. The van der Waals surface area contributed by atoms with E-state index in [1.54, 1.807) is 25.3 Å². The van der Waals surface area contributed by atoms with E-state index in [1.165, 1.54) is 17.9 Å². The second kappa shape index (κ2) is 7.41. The summed E-state index contributed by atoms with van der Waals surface area (Å²) in [6, 6.07) is 11.7. The van der Waals surface area contributed by atoms with E-state index in [1.807, 2.05) is 30.3 Å². The largest absolute Gasteiger partial charge is 0.326 e. The molecular formula is C20H19N3O4. The summed E-state index contributed by atoms with van der Waals surface area (Å²) in [5.74, 6) is -0.487. The molecule has 0 unspecified atom stereocenters. The van der Waals surface area contributed by atoms with Crippen molar-refractivity contribution in [3.05, 3.63) is 75.5 Å². The fourth-order valence-electron chi connectivity index (χ4n) is 3.18. The highest BCUT2D eigenvalue weighted by atomic mass is 16.6. The lowest BCUT2D eigenvalue weighted by Gasteiger charge is -2.32. The molecule has 0 saturated heterocycles. The highest BCUT2D eigenvalue weighted by Gasteiger charge is 2.28. The van der Waals surface area contributed by atoms with Crippen LogP contribution >= 0.6 is 0 Å². The van der Waals surface area contributed by atoms with Gasteiger partial charge in [0.15, 0.2) is 0 Å². The zero-order valence-electron chi connectivity index (χ0n) is 15.0. The van der Waals surface area contributed by atoms with Crippen LogP contribution in [0.2, 0.25) is 0 Å². The van der Waals surface area contributed by atoms with Gasteiger partial charge in [-0.05, 0) is 30.2 Å². The van der Waals surface area contributed by atoms with Crippen molar-refractivity contribution in [3.8, 4) is 0 Å². The quantitative estimate of drug-likeness (QED) is 0.659. The van der Waals surface area contributed by atoms with Gasteiger partial charge in [0.25, 0.3) is 5.69 Å². The molecule has 3 rings (SSSR count). The number of benzene rings is 2. The summed E-state index contributed by atoms with van der Waals surface area (Å²) in [7, 11) is 0. The molecule has 1 heterocycles. The van der Waals surface area contributed by atoms with Gasteiger partial charge in [-0.3, -0.25) is 19.7 Å². The molecule has 7 heteroatoms. The summed E-state index contributed by atoms with van der Waals surface area (Å²) >= 11 is 0. The van der Waals surface area contributed by atoms with E-state index < -0.39 is 11.0 Å². The molecule has 0 bridgehead atoms. The summed E-state index contributed by atoms with van der Waals surface area (Å²) < 4.78 is 0. The Labute approximate surface area is 156 Å². The summed E-state index contributed by atoms with van der Waals surface area (Å²) in [6.07, 6.45) is 3.57. The number of rotatable bonds is 4. The van der Waals surface area contributed by atoms with Crippen LogP contribution in [-0.2, 0) is 9.59 Å². The molecule has 0 aromatic heterocycles. The lowest BCUT2D eigenvalue weighted by atomic mass is 9.93. The van der Waals surface area contributed by atoms with Crippen LogP contribution in [0.15, 0.2) is 48.7 Å². The van der Waals surface area contributed by atoms with Crippen molar-refractivity contribution in [1.29, 1.82) is 0 Å². The second-order valence-corrected chi connectivity index (χ2v) is 6.40. The molecular weight excluding hydrogens is 346 g/mol. The van der Waals surface area contributed by atoms with E-state index in [9.17, 15) is 19.7 Å². The third kappa shape index (κ3) is 3.87. The summed E-state index contributed by atoms with van der Waals surface area (Å²) in [4.78, 5) is 36.7. The van der Waals surface area contributed by atoms with Crippen molar-refractivity contribution in [1.82, 2.24) is 4.90 Å². The normalized spacial score (nSPS) is 15.2. The van der Waals surface area contributed by atoms with Crippen molar-refractivity contribution < 1.29 is 14.5 Å². The number of aryl methyl sites for hydroxylation is 1. The van der Waals surface area contributed by atoms with Crippen LogP contribution in [0.5, 0.6) is 0 Å². The van der Waals surface area contributed by atoms with Crippen LogP contribution in [0.4, 0.5) is 11.4 Å². The second-order valence-electron chi connectivity index (χ2n) is 6.40. The minimum absolute atomic E-state index is 0.0443. The van der Waals surface area contributed by atoms with E-state index in [-0.39, 0.29) is 23.9 Å². The van der Waals surface area contributed by atoms with Crippen LogP contribution in [0.25, 0.3) is 6.08 Å². The topological polar surface area (TPSA) is 92.6 Å². The zero-order valence-corrected chi connectivity index (χ0v) is 15.0. The monoisotopic (exact) mass is 365 g/mol. The van der Waals surface area contributed by atoms with Crippen LogP contribution in [-0.4, -0.2) is 21.6 Å². The van der Waals surface area contributed by atoms with E-state index in [2.05, 4.69) is 5.32 Å². The standard InChI is InChI=1S/C20H19N3O4/c1-13-7-8-16(11-18(13)23(26)27)21-20(25)12-19-17-6-4-3-5-15(17)9-10-22(19)14(2)24/h3-11,19H,12H2,1-2H3,(H,21,25)/t19-/m0/s1. The maximum absolute atomic E-state index is 12.6. The third-order valence-electron chi connectivity index (χ3n) is 4.54. The predicted octanol–water partition coefficient (Wildman–Crippen LogP) is 3.81. The van der Waals surface area contributed by atoms with Crippen molar-refractivity contribution in [2.24, 2.45) is 0 Å². The first-order valence-corrected chi connectivity index (χ1v) is 8.47. The molecule has 1 aliphatic rings. The molecule has 27 heavy (non-hydrogen) atoms. The van der Waals surface area contributed by atoms with Crippen LogP contribution in [0.3, 0.4) is 0 Å². The van der Waals surface area contributed by atoms with Crippen molar-refractivity contribution in [3.63, 3.8) is 0 Å². The number of carbonyl (C=O) groups excluding carboxylic acids is 2. The number of hydrogen-bond acceptors (Lipinski definition) is 4. The first-order valence-electron chi connectivity index (χ1n) is 8.47. The molecule has 0 saturated carbocycles. The van der Waals surface area contributed by atoms with Gasteiger partial charge in [0, 0.05) is 30.4 Å². The first-order chi connectivity index (χ1) is 12.9. The van der Waals surface area contributed by atoms with Gasteiger partial charge >= 0.3 is 0 Å². The van der Waals surface area contributed by atoms with Gasteiger partial charge in [-0.25, -0.2) is 0 Å². The van der Waals surface area contributed by atoms with E-state index in [4.69, 9.17) is 0 Å². The zero-order chi connectivity index (χ0) is 19.6. The molecule has 0 radical (unpaired) electrons. The van der Waals surface area contributed by atoms with Gasteiger partial charge < -0.3 is 10.2 Å². The van der Waals surface area contributed by atoms with E-state index in [0.29, 0.717) is 11.3 Å². The maximum Gasteiger partial charge on any atom is 0.274 e. The first kappa shape index (κ1) is 18.3. The fourth-order valence-corrected chi connectivity index (χ4v) is 3.18. The Morgan fingerprint density at radius 1 is 1.22 bits per heavy atom. The smallest absolute Gasteiger partial charge is 0.274 e. The average molecular weight is 365 g/mol. The number of nitro benzene ring substituents is 1. The number of nitro groups is 1. The summed E-state index contributed by atoms with van der Waals surface area (Å²) in [5.41, 5.74) is 2.67. The molecule has 2 amide bonds. The van der Waals surface area contributed by atoms with Gasteiger partial charge in [0.2, 0.25) is 11.8 Å². The fraction of sp³-hybridized carbons (Fsp3) is 0.200. The van der Waals surface area contributed by atoms with Gasteiger partial charge in [-0.15, -0.1) is 0 Å². The lowest BCUT2D eigenvalue weighted by Crippen LogP contribution is -2.33. The molecule has 2 aromatic carbocycles. The van der Waals surface area contributed by atoms with Crippen molar-refractivity contribution >= 4 is 29.3 Å². The van der Waals surface area contributed by atoms with E-state index in [0.717, 1.165) is 11.1 Å². The number of carbonyl (C=O) groups is 2. The lowest BCUT2D eigenvalue weighted by molar-refractivity contribution is -0.385. The molecule has 0 spiro atoms. The molecule has 0 aliphatic carbocycles. The SMILES string of the molecule is CC(=O)N1C=Cc2ccccc2[C@@H]1CC(=O)Nc1ccc(C)c([N+](=O)[O-])c1. The molecule has 1 atom stereocenters. The third-order valence-corrected chi connectivity index (χ3v) is 4.54. The maximum atomic E-state index is 12.6. The molecule has 7 nitrogen and oxygen atoms in total. The predicted molar refractivity (Wildman–Crippen MR) is 102 cm³/mol. The molecule has 138 valence electrons. The number of nitrogens with zero attached hydrogens (tertiary/aromatic N) is 2. The highest BCUT2D eigenvalue weighted by molar-refractivity contribution is 5.92. The van der Waals surface area contributed by atoms with Crippen LogP contribution < -0.4 is 5.32 Å². The Hall–Kier alpha value is -3.48. The van der Waals surface area contributed by atoms with Gasteiger partial charge in [-0.2, -0.15) is 0 Å². The highest BCUT2D eigenvalue weighted by Crippen LogP contribution is 2.33. The van der Waals surface area contributed by atoms with Crippen LogP contribution in [0.1, 0.15) is 36.1 Å².